The van der Waals surface area contributed by atoms with Gasteiger partial charge in [0.1, 0.15) is 5.60 Å². The summed E-state index contributed by atoms with van der Waals surface area (Å²) in [5.41, 5.74) is -0.548. The van der Waals surface area contributed by atoms with E-state index in [1.807, 2.05) is 0 Å². The molecule has 6 nitrogen and oxygen atoms in total. The van der Waals surface area contributed by atoms with E-state index in [0.717, 1.165) is 19.3 Å². The molecule has 1 amide bonds. The van der Waals surface area contributed by atoms with E-state index >= 15 is 0 Å². The highest BCUT2D eigenvalue weighted by atomic mass is 16.6. The number of ether oxygens (including phenoxy) is 1. The van der Waals surface area contributed by atoms with Gasteiger partial charge >= 0.3 is 5.97 Å². The van der Waals surface area contributed by atoms with E-state index in [-0.39, 0.29) is 18.9 Å². The van der Waals surface area contributed by atoms with Crippen LogP contribution < -0.4 is 0 Å². The van der Waals surface area contributed by atoms with Crippen molar-refractivity contribution < 1.29 is 19.5 Å². The molecule has 0 fully saturated rings. The first-order valence-electron chi connectivity index (χ1n) is 10.5. The smallest absolute Gasteiger partial charge is 0.308 e. The first kappa shape index (κ1) is 25.9. The summed E-state index contributed by atoms with van der Waals surface area (Å²) in [7, 11) is 4.23. The first-order chi connectivity index (χ1) is 12.6. The Hall–Kier alpha value is -1.14. The Kier molecular flexibility index (Phi) is 14.2. The van der Waals surface area contributed by atoms with Gasteiger partial charge in [-0.15, -0.1) is 0 Å². The fourth-order valence-corrected chi connectivity index (χ4v) is 2.79. The van der Waals surface area contributed by atoms with Gasteiger partial charge in [-0.2, -0.15) is 0 Å². The van der Waals surface area contributed by atoms with E-state index in [1.165, 1.54) is 45.1 Å². The van der Waals surface area contributed by atoms with Crippen molar-refractivity contribution in [2.45, 2.75) is 97.0 Å². The standard InChI is InChI=1S/C21H42N2O4/c1-21(2,3)27-20(25)16-18-23(26)19(24)15-13-11-9-7-6-8-10-12-14-17-22(4)5/h26H,6-18H2,1-5H3. The second-order valence-corrected chi connectivity index (χ2v) is 8.59. The zero-order valence-corrected chi connectivity index (χ0v) is 18.3. The Balaban J connectivity index is 3.53. The van der Waals surface area contributed by atoms with E-state index in [0.29, 0.717) is 11.5 Å². The van der Waals surface area contributed by atoms with E-state index in [9.17, 15) is 14.8 Å². The fraction of sp³-hybridized carbons (Fsp3) is 0.905. The minimum absolute atomic E-state index is 0.00799. The lowest BCUT2D eigenvalue weighted by Gasteiger charge is -2.20. The molecule has 0 aromatic heterocycles. The predicted molar refractivity (Wildman–Crippen MR) is 109 cm³/mol. The van der Waals surface area contributed by atoms with Crippen LogP contribution >= 0.6 is 0 Å². The molecule has 0 radical (unpaired) electrons. The molecule has 0 aliphatic rings. The maximum atomic E-state index is 11.8. The van der Waals surface area contributed by atoms with Gasteiger partial charge < -0.3 is 9.64 Å². The van der Waals surface area contributed by atoms with Crippen molar-refractivity contribution >= 4 is 11.9 Å². The molecule has 0 aliphatic carbocycles. The molecule has 0 saturated carbocycles. The molecular formula is C21H42N2O4. The van der Waals surface area contributed by atoms with E-state index in [2.05, 4.69) is 19.0 Å². The molecule has 0 spiro atoms. The number of rotatable bonds is 15. The van der Waals surface area contributed by atoms with Crippen LogP contribution in [0.3, 0.4) is 0 Å². The normalized spacial score (nSPS) is 11.7. The van der Waals surface area contributed by atoms with Gasteiger partial charge in [-0.1, -0.05) is 44.9 Å². The van der Waals surface area contributed by atoms with Gasteiger partial charge in [-0.3, -0.25) is 14.8 Å². The number of carbonyl (C=O) groups is 2. The summed E-state index contributed by atoms with van der Waals surface area (Å²) >= 11 is 0. The SMILES string of the molecule is CN(C)CCCCCCCCCCCC(=O)N(O)CCC(=O)OC(C)(C)C. The number of nitrogens with zero attached hydrogens (tertiary/aromatic N) is 2. The summed E-state index contributed by atoms with van der Waals surface area (Å²) in [5, 5.41) is 10.4. The summed E-state index contributed by atoms with van der Waals surface area (Å²) in [6, 6.07) is 0. The largest absolute Gasteiger partial charge is 0.460 e. The van der Waals surface area contributed by atoms with Gasteiger partial charge in [0.15, 0.2) is 0 Å². The quantitative estimate of drug-likeness (QED) is 0.195. The lowest BCUT2D eigenvalue weighted by molar-refractivity contribution is -0.170. The highest BCUT2D eigenvalue weighted by Crippen LogP contribution is 2.12. The number of hydrogen-bond acceptors (Lipinski definition) is 5. The molecular weight excluding hydrogens is 344 g/mol. The minimum atomic E-state index is -0.548. The van der Waals surface area contributed by atoms with E-state index in [4.69, 9.17) is 4.74 Å². The van der Waals surface area contributed by atoms with Crippen molar-refractivity contribution in [3.63, 3.8) is 0 Å². The third-order valence-corrected chi connectivity index (χ3v) is 4.23. The zero-order chi connectivity index (χ0) is 20.7. The van der Waals surface area contributed by atoms with Crippen LogP contribution in [-0.2, 0) is 14.3 Å². The van der Waals surface area contributed by atoms with Gasteiger partial charge in [-0.25, -0.2) is 5.06 Å². The van der Waals surface area contributed by atoms with Crippen molar-refractivity contribution in [2.75, 3.05) is 27.2 Å². The van der Waals surface area contributed by atoms with Gasteiger partial charge in [0, 0.05) is 6.42 Å². The maximum Gasteiger partial charge on any atom is 0.308 e. The Morgan fingerprint density at radius 1 is 0.778 bits per heavy atom. The summed E-state index contributed by atoms with van der Waals surface area (Å²) in [6.45, 7) is 6.53. The molecule has 0 aromatic rings. The molecule has 0 aromatic carbocycles. The van der Waals surface area contributed by atoms with E-state index < -0.39 is 11.6 Å². The van der Waals surface area contributed by atoms with Crippen LogP contribution in [0.4, 0.5) is 0 Å². The van der Waals surface area contributed by atoms with Crippen molar-refractivity contribution in [1.29, 1.82) is 0 Å². The van der Waals surface area contributed by atoms with Gasteiger partial charge in [-0.05, 0) is 54.3 Å². The summed E-state index contributed by atoms with van der Waals surface area (Å²) in [5.74, 6) is -0.726. The van der Waals surface area contributed by atoms with Crippen molar-refractivity contribution in [2.24, 2.45) is 0 Å². The topological polar surface area (TPSA) is 70.1 Å². The third kappa shape index (κ3) is 18.0. The molecule has 0 rings (SSSR count). The predicted octanol–water partition coefficient (Wildman–Crippen LogP) is 4.40. The Labute approximate surface area is 166 Å². The molecule has 27 heavy (non-hydrogen) atoms. The number of hydroxylamine groups is 2. The number of amides is 1. The monoisotopic (exact) mass is 386 g/mol. The van der Waals surface area contributed by atoms with Crippen LogP contribution in [0.2, 0.25) is 0 Å². The number of hydrogen-bond donors (Lipinski definition) is 1. The molecule has 6 heteroatoms. The number of unbranched alkanes of at least 4 members (excludes halogenated alkanes) is 8. The molecule has 0 bridgehead atoms. The van der Waals surface area contributed by atoms with Crippen molar-refractivity contribution in [3.05, 3.63) is 0 Å². The molecule has 0 unspecified atom stereocenters. The van der Waals surface area contributed by atoms with Crippen LogP contribution in [0.1, 0.15) is 91.4 Å². The molecule has 0 aliphatic heterocycles. The molecule has 0 saturated heterocycles. The average Bonchev–Trinajstić information content (AvgIpc) is 2.55. The van der Waals surface area contributed by atoms with Crippen molar-refractivity contribution in [3.8, 4) is 0 Å². The van der Waals surface area contributed by atoms with Gasteiger partial charge in [0.05, 0.1) is 13.0 Å². The maximum absolute atomic E-state index is 11.8. The van der Waals surface area contributed by atoms with Crippen LogP contribution in [0.15, 0.2) is 0 Å². The zero-order valence-electron chi connectivity index (χ0n) is 18.3. The Morgan fingerprint density at radius 2 is 1.26 bits per heavy atom. The summed E-state index contributed by atoms with van der Waals surface area (Å²) < 4.78 is 5.15. The summed E-state index contributed by atoms with van der Waals surface area (Å²) in [6.07, 6.45) is 10.9. The van der Waals surface area contributed by atoms with Crippen LogP contribution in [0.25, 0.3) is 0 Å². The Morgan fingerprint density at radius 3 is 1.74 bits per heavy atom. The highest BCUT2D eigenvalue weighted by molar-refractivity contribution is 5.76. The summed E-state index contributed by atoms with van der Waals surface area (Å²) in [4.78, 5) is 25.7. The van der Waals surface area contributed by atoms with Crippen LogP contribution in [0, 0.1) is 0 Å². The lowest BCUT2D eigenvalue weighted by Crippen LogP contribution is -2.31. The lowest BCUT2D eigenvalue weighted by atomic mass is 10.1. The average molecular weight is 387 g/mol. The third-order valence-electron chi connectivity index (χ3n) is 4.23. The van der Waals surface area contributed by atoms with Gasteiger partial charge in [0.25, 0.3) is 0 Å². The van der Waals surface area contributed by atoms with Gasteiger partial charge in [0.2, 0.25) is 5.91 Å². The fourth-order valence-electron chi connectivity index (χ4n) is 2.79. The first-order valence-corrected chi connectivity index (χ1v) is 10.5. The molecule has 0 heterocycles. The molecule has 0 atom stereocenters. The number of esters is 1. The van der Waals surface area contributed by atoms with Crippen LogP contribution in [-0.4, -0.2) is 59.8 Å². The molecule has 1 N–H and O–H groups in total. The second kappa shape index (κ2) is 14.9. The minimum Gasteiger partial charge on any atom is -0.460 e. The molecule has 160 valence electrons. The highest BCUT2D eigenvalue weighted by Gasteiger charge is 2.18. The van der Waals surface area contributed by atoms with E-state index in [1.54, 1.807) is 20.8 Å². The Bertz CT molecular complexity index is 405. The number of carbonyl (C=O) groups excluding carboxylic acids is 2. The van der Waals surface area contributed by atoms with Crippen LogP contribution in [0.5, 0.6) is 0 Å². The second-order valence-electron chi connectivity index (χ2n) is 8.59. The van der Waals surface area contributed by atoms with Crippen molar-refractivity contribution in [1.82, 2.24) is 9.96 Å².